The van der Waals surface area contributed by atoms with Crippen LogP contribution < -0.4 is 15.8 Å². The van der Waals surface area contributed by atoms with Crippen molar-refractivity contribution >= 4 is 17.5 Å². The number of hydrogen-bond acceptors (Lipinski definition) is 5. The normalized spacial score (nSPS) is 10.6. The molecule has 0 aliphatic carbocycles. The summed E-state index contributed by atoms with van der Waals surface area (Å²) >= 11 is 0. The molecule has 2 aromatic heterocycles. The summed E-state index contributed by atoms with van der Waals surface area (Å²) in [4.78, 5) is 23.8. The highest BCUT2D eigenvalue weighted by Gasteiger charge is 2.13. The molecule has 156 valence electrons. The summed E-state index contributed by atoms with van der Waals surface area (Å²) in [7, 11) is 1.59. The largest absolute Gasteiger partial charge is 0.494 e. The molecule has 0 atom stereocenters. The summed E-state index contributed by atoms with van der Waals surface area (Å²) in [5.74, 6) is -0.270. The number of benzene rings is 2. The lowest BCUT2D eigenvalue weighted by molar-refractivity contribution is 0.0992. The van der Waals surface area contributed by atoms with Gasteiger partial charge in [0, 0.05) is 18.1 Å². The van der Waals surface area contributed by atoms with Gasteiger partial charge in [-0.05, 0) is 61.0 Å². The second-order valence-electron chi connectivity index (χ2n) is 6.83. The summed E-state index contributed by atoms with van der Waals surface area (Å²) in [5, 5.41) is 11.3. The summed E-state index contributed by atoms with van der Waals surface area (Å²) in [6, 6.07) is 15.9. The Bertz CT molecular complexity index is 1260. The minimum Gasteiger partial charge on any atom is -0.494 e. The SMILES string of the molecule is COc1ccc(C)cc1-n1ccc(C(=O)Nc2ccc(-n3ccc(C(N)=O)n3)cc2)n1. The Morgan fingerprint density at radius 3 is 2.29 bits per heavy atom. The van der Waals surface area contributed by atoms with Crippen LogP contribution in [0, 0.1) is 6.92 Å². The molecule has 4 aromatic rings. The molecule has 0 saturated carbocycles. The van der Waals surface area contributed by atoms with Crippen LogP contribution in [0.15, 0.2) is 67.0 Å². The Morgan fingerprint density at radius 2 is 1.61 bits per heavy atom. The van der Waals surface area contributed by atoms with E-state index in [1.54, 1.807) is 54.5 Å². The highest BCUT2D eigenvalue weighted by atomic mass is 16.5. The first kappa shape index (κ1) is 19.9. The van der Waals surface area contributed by atoms with Crippen molar-refractivity contribution in [1.82, 2.24) is 19.6 Å². The topological polar surface area (TPSA) is 117 Å². The first-order chi connectivity index (χ1) is 14.9. The molecule has 31 heavy (non-hydrogen) atoms. The van der Waals surface area contributed by atoms with Crippen LogP contribution in [0.25, 0.3) is 11.4 Å². The third-order valence-electron chi connectivity index (χ3n) is 4.63. The summed E-state index contributed by atoms with van der Waals surface area (Å²) in [6.07, 6.45) is 3.35. The van der Waals surface area contributed by atoms with E-state index in [1.165, 1.54) is 10.7 Å². The van der Waals surface area contributed by atoms with E-state index in [0.717, 1.165) is 16.9 Å². The van der Waals surface area contributed by atoms with Crippen molar-refractivity contribution in [3.8, 4) is 17.1 Å². The molecule has 0 bridgehead atoms. The fraction of sp³-hybridized carbons (Fsp3) is 0.0909. The van der Waals surface area contributed by atoms with Gasteiger partial charge in [0.1, 0.15) is 17.1 Å². The van der Waals surface area contributed by atoms with Gasteiger partial charge in [0.15, 0.2) is 5.69 Å². The highest BCUT2D eigenvalue weighted by molar-refractivity contribution is 6.02. The zero-order valence-corrected chi connectivity index (χ0v) is 16.9. The number of carbonyl (C=O) groups excluding carboxylic acids is 2. The van der Waals surface area contributed by atoms with E-state index in [1.807, 2.05) is 25.1 Å². The maximum atomic E-state index is 12.6. The van der Waals surface area contributed by atoms with Crippen LogP contribution in [0.5, 0.6) is 5.75 Å². The lowest BCUT2D eigenvalue weighted by atomic mass is 10.2. The third-order valence-corrected chi connectivity index (χ3v) is 4.63. The Labute approximate surface area is 178 Å². The first-order valence-electron chi connectivity index (χ1n) is 9.42. The number of amides is 2. The van der Waals surface area contributed by atoms with Crippen LogP contribution in [0.1, 0.15) is 26.5 Å². The Morgan fingerprint density at radius 1 is 0.935 bits per heavy atom. The van der Waals surface area contributed by atoms with Gasteiger partial charge in [0.05, 0.1) is 12.8 Å². The molecule has 0 unspecified atom stereocenters. The van der Waals surface area contributed by atoms with E-state index in [4.69, 9.17) is 10.5 Å². The number of methoxy groups -OCH3 is 1. The van der Waals surface area contributed by atoms with Crippen LogP contribution in [0.3, 0.4) is 0 Å². The number of ether oxygens (including phenoxy) is 1. The predicted molar refractivity (Wildman–Crippen MR) is 115 cm³/mol. The number of anilines is 1. The minimum absolute atomic E-state index is 0.179. The second kappa shape index (κ2) is 8.15. The highest BCUT2D eigenvalue weighted by Crippen LogP contribution is 2.23. The van der Waals surface area contributed by atoms with Gasteiger partial charge in [0.2, 0.25) is 0 Å². The zero-order valence-electron chi connectivity index (χ0n) is 16.9. The number of carbonyl (C=O) groups is 2. The van der Waals surface area contributed by atoms with Gasteiger partial charge in [-0.15, -0.1) is 0 Å². The summed E-state index contributed by atoms with van der Waals surface area (Å²) in [6.45, 7) is 1.97. The lowest BCUT2D eigenvalue weighted by Gasteiger charge is -2.09. The van der Waals surface area contributed by atoms with Crippen LogP contribution in [0.4, 0.5) is 5.69 Å². The molecule has 4 rings (SSSR count). The smallest absolute Gasteiger partial charge is 0.276 e. The van der Waals surface area contributed by atoms with Crippen molar-refractivity contribution in [3.05, 3.63) is 83.9 Å². The third kappa shape index (κ3) is 4.15. The Kier molecular flexibility index (Phi) is 5.23. The van der Waals surface area contributed by atoms with Gasteiger partial charge in [-0.25, -0.2) is 9.36 Å². The van der Waals surface area contributed by atoms with Crippen molar-refractivity contribution in [3.63, 3.8) is 0 Å². The monoisotopic (exact) mass is 416 g/mol. The standard InChI is InChI=1S/C22H20N6O3/c1-14-3-8-20(31-2)19(13-14)28-12-10-18(26-28)22(30)24-15-4-6-16(7-5-15)27-11-9-17(25-27)21(23)29/h3-13H,1-2H3,(H2,23,29)(H,24,30). The van der Waals surface area contributed by atoms with Crippen molar-refractivity contribution in [2.75, 3.05) is 12.4 Å². The average molecular weight is 416 g/mol. The van der Waals surface area contributed by atoms with Gasteiger partial charge in [-0.2, -0.15) is 10.2 Å². The van der Waals surface area contributed by atoms with E-state index >= 15 is 0 Å². The molecule has 0 spiro atoms. The number of nitrogens with one attached hydrogen (secondary N) is 1. The molecule has 3 N–H and O–H groups in total. The number of primary amides is 1. The fourth-order valence-electron chi connectivity index (χ4n) is 3.05. The minimum atomic E-state index is -0.592. The number of nitrogens with zero attached hydrogens (tertiary/aromatic N) is 4. The van der Waals surface area contributed by atoms with Crippen molar-refractivity contribution in [1.29, 1.82) is 0 Å². The Balaban J connectivity index is 1.49. The quantitative estimate of drug-likeness (QED) is 0.501. The van der Waals surface area contributed by atoms with E-state index in [0.29, 0.717) is 11.4 Å². The molecule has 0 saturated heterocycles. The number of nitrogens with two attached hydrogens (primary N) is 1. The molecule has 2 amide bonds. The van der Waals surface area contributed by atoms with Gasteiger partial charge >= 0.3 is 0 Å². The number of aryl methyl sites for hydroxylation is 1. The van der Waals surface area contributed by atoms with Gasteiger partial charge in [0.25, 0.3) is 11.8 Å². The molecule has 0 radical (unpaired) electrons. The Hall–Kier alpha value is -4.40. The van der Waals surface area contributed by atoms with Crippen molar-refractivity contribution < 1.29 is 14.3 Å². The molecule has 0 aliphatic rings. The molecular weight excluding hydrogens is 396 g/mol. The lowest BCUT2D eigenvalue weighted by Crippen LogP contribution is -2.13. The molecule has 0 fully saturated rings. The number of hydrogen-bond donors (Lipinski definition) is 2. The molecule has 2 heterocycles. The molecule has 9 nitrogen and oxygen atoms in total. The van der Waals surface area contributed by atoms with Gasteiger partial charge in [-0.3, -0.25) is 9.59 Å². The average Bonchev–Trinajstić information content (AvgIpc) is 3.45. The van der Waals surface area contributed by atoms with Gasteiger partial charge < -0.3 is 15.8 Å². The zero-order chi connectivity index (χ0) is 22.0. The maximum absolute atomic E-state index is 12.6. The summed E-state index contributed by atoms with van der Waals surface area (Å²) < 4.78 is 8.53. The predicted octanol–water partition coefficient (Wildman–Crippen LogP) is 2.73. The van der Waals surface area contributed by atoms with Crippen molar-refractivity contribution in [2.24, 2.45) is 5.73 Å². The molecule has 0 aliphatic heterocycles. The van der Waals surface area contributed by atoms with Gasteiger partial charge in [-0.1, -0.05) is 6.07 Å². The number of rotatable bonds is 6. The van der Waals surface area contributed by atoms with Crippen LogP contribution in [-0.4, -0.2) is 38.5 Å². The van der Waals surface area contributed by atoms with E-state index in [9.17, 15) is 9.59 Å². The van der Waals surface area contributed by atoms with E-state index in [-0.39, 0.29) is 17.3 Å². The first-order valence-corrected chi connectivity index (χ1v) is 9.42. The fourth-order valence-corrected chi connectivity index (χ4v) is 3.05. The van der Waals surface area contributed by atoms with Crippen LogP contribution >= 0.6 is 0 Å². The van der Waals surface area contributed by atoms with Crippen LogP contribution in [0.2, 0.25) is 0 Å². The van der Waals surface area contributed by atoms with E-state index < -0.39 is 5.91 Å². The molecule has 2 aromatic carbocycles. The number of aromatic nitrogens is 4. The van der Waals surface area contributed by atoms with Crippen LogP contribution in [-0.2, 0) is 0 Å². The molecule has 9 heteroatoms. The maximum Gasteiger partial charge on any atom is 0.276 e. The van der Waals surface area contributed by atoms with Crippen molar-refractivity contribution in [2.45, 2.75) is 6.92 Å². The second-order valence-corrected chi connectivity index (χ2v) is 6.83. The molecular formula is C22H20N6O3. The van der Waals surface area contributed by atoms with E-state index in [2.05, 4.69) is 15.5 Å². The summed E-state index contributed by atoms with van der Waals surface area (Å²) in [5.41, 5.74) is 8.80.